The second-order valence-corrected chi connectivity index (χ2v) is 10.6. The molecule has 0 radical (unpaired) electrons. The van der Waals surface area contributed by atoms with Crippen molar-refractivity contribution < 1.29 is 24.6 Å². The predicted molar refractivity (Wildman–Crippen MR) is 108 cm³/mol. The van der Waals surface area contributed by atoms with Crippen LogP contribution in [0, 0.1) is 39.9 Å². The monoisotopic (exact) mass is 402 g/mol. The zero-order valence-electron chi connectivity index (χ0n) is 17.9. The molecule has 0 saturated heterocycles. The van der Waals surface area contributed by atoms with E-state index in [1.54, 1.807) is 6.92 Å². The Labute approximate surface area is 172 Å². The lowest BCUT2D eigenvalue weighted by Crippen LogP contribution is -2.57. The highest BCUT2D eigenvalue weighted by molar-refractivity contribution is 5.92. The largest absolute Gasteiger partial charge is 0.481 e. The highest BCUT2D eigenvalue weighted by Crippen LogP contribution is 2.71. The SMILES string of the molecule is CC(C(=O)O)[C@]1(C(=O)CO)CC[C@H]2[C@@H]3CCC4=CC(=O)CC[C@]4(C)[C@H]3CC[C@@]21C. The number of allylic oxidation sites excluding steroid dienone is 1. The lowest BCUT2D eigenvalue weighted by Gasteiger charge is -2.60. The fourth-order valence-electron chi connectivity index (χ4n) is 8.40. The molecule has 4 rings (SSSR count). The molecule has 0 aromatic rings. The Morgan fingerprint density at radius 1 is 1.10 bits per heavy atom. The number of aliphatic carboxylic acids is 1. The van der Waals surface area contributed by atoms with Crippen molar-refractivity contribution in [1.82, 2.24) is 0 Å². The van der Waals surface area contributed by atoms with E-state index in [-0.39, 0.29) is 17.0 Å². The van der Waals surface area contributed by atoms with Crippen LogP contribution in [0.2, 0.25) is 0 Å². The van der Waals surface area contributed by atoms with E-state index in [0.29, 0.717) is 30.6 Å². The molecule has 29 heavy (non-hydrogen) atoms. The standard InChI is InChI=1S/C24H34O5/c1-14(21(28)29)24(20(27)13-25)11-8-19-17-5-4-15-12-16(26)6-9-22(15,2)18(17)7-10-23(19,24)3/h12,14,17-19,25H,4-11,13H2,1-3H3,(H,28,29)/t14?,17-,18+,19+,22+,23+,24+/m1/s1. The Bertz CT molecular complexity index is 784. The van der Waals surface area contributed by atoms with Gasteiger partial charge in [0.05, 0.1) is 11.3 Å². The topological polar surface area (TPSA) is 91.7 Å². The van der Waals surface area contributed by atoms with Gasteiger partial charge in [-0.3, -0.25) is 14.4 Å². The fourth-order valence-corrected chi connectivity index (χ4v) is 8.40. The number of carboxylic acids is 1. The average molecular weight is 403 g/mol. The number of rotatable bonds is 4. The molecule has 3 saturated carbocycles. The molecule has 3 fully saturated rings. The fraction of sp³-hybridized carbons (Fsp3) is 0.792. The Hall–Kier alpha value is -1.49. The summed E-state index contributed by atoms with van der Waals surface area (Å²) in [6.45, 7) is 5.53. The third kappa shape index (κ3) is 2.58. The maximum atomic E-state index is 13.1. The van der Waals surface area contributed by atoms with Gasteiger partial charge < -0.3 is 10.2 Å². The predicted octanol–water partition coefficient (Wildman–Crippen LogP) is 3.79. The first-order valence-electron chi connectivity index (χ1n) is 11.2. The van der Waals surface area contributed by atoms with Crippen molar-refractivity contribution in [3.8, 4) is 0 Å². The molecule has 160 valence electrons. The highest BCUT2D eigenvalue weighted by Gasteiger charge is 2.68. The van der Waals surface area contributed by atoms with Crippen LogP contribution in [0.5, 0.6) is 0 Å². The number of ketones is 2. The first kappa shape index (κ1) is 20.8. The van der Waals surface area contributed by atoms with E-state index in [0.717, 1.165) is 38.5 Å². The summed E-state index contributed by atoms with van der Waals surface area (Å²) in [4.78, 5) is 37.1. The van der Waals surface area contributed by atoms with Crippen LogP contribution in [0.3, 0.4) is 0 Å². The van der Waals surface area contributed by atoms with E-state index in [4.69, 9.17) is 0 Å². The zero-order chi connectivity index (χ0) is 21.2. The number of carbonyl (C=O) groups is 3. The Morgan fingerprint density at radius 3 is 2.45 bits per heavy atom. The number of aliphatic hydroxyl groups is 1. The summed E-state index contributed by atoms with van der Waals surface area (Å²) >= 11 is 0. The molecule has 0 aliphatic heterocycles. The molecule has 0 amide bonds. The van der Waals surface area contributed by atoms with E-state index >= 15 is 0 Å². The van der Waals surface area contributed by atoms with Crippen LogP contribution in [0.4, 0.5) is 0 Å². The molecule has 2 N–H and O–H groups in total. The van der Waals surface area contributed by atoms with Crippen LogP contribution in [-0.4, -0.2) is 34.4 Å². The van der Waals surface area contributed by atoms with Crippen molar-refractivity contribution in [2.75, 3.05) is 6.61 Å². The third-order valence-corrected chi connectivity index (χ3v) is 9.97. The van der Waals surface area contributed by atoms with Gasteiger partial charge in [0, 0.05) is 6.42 Å². The number of hydrogen-bond donors (Lipinski definition) is 2. The Kier molecular flexibility index (Phi) is 4.84. The van der Waals surface area contributed by atoms with Crippen LogP contribution in [0.1, 0.15) is 72.1 Å². The smallest absolute Gasteiger partial charge is 0.307 e. The highest BCUT2D eigenvalue weighted by atomic mass is 16.4. The van der Waals surface area contributed by atoms with Crippen molar-refractivity contribution in [3.05, 3.63) is 11.6 Å². The van der Waals surface area contributed by atoms with Crippen LogP contribution in [0.15, 0.2) is 11.6 Å². The van der Waals surface area contributed by atoms with Crippen molar-refractivity contribution in [1.29, 1.82) is 0 Å². The van der Waals surface area contributed by atoms with Gasteiger partial charge in [0.15, 0.2) is 11.6 Å². The lowest BCUT2D eigenvalue weighted by atomic mass is 9.43. The minimum Gasteiger partial charge on any atom is -0.481 e. The summed E-state index contributed by atoms with van der Waals surface area (Å²) in [6, 6.07) is 0. The molecular weight excluding hydrogens is 368 g/mol. The second kappa shape index (κ2) is 6.76. The summed E-state index contributed by atoms with van der Waals surface area (Å²) in [7, 11) is 0. The van der Waals surface area contributed by atoms with Gasteiger partial charge >= 0.3 is 5.97 Å². The van der Waals surface area contributed by atoms with E-state index in [9.17, 15) is 24.6 Å². The minimum absolute atomic E-state index is 0.0583. The molecule has 0 bridgehead atoms. The molecule has 5 nitrogen and oxygen atoms in total. The molecule has 0 aromatic heterocycles. The van der Waals surface area contributed by atoms with Crippen molar-refractivity contribution >= 4 is 17.5 Å². The molecule has 0 heterocycles. The normalized spacial score (nSPS) is 44.9. The summed E-state index contributed by atoms with van der Waals surface area (Å²) in [5.41, 5.74) is -0.00686. The average Bonchev–Trinajstić information content (AvgIpc) is 3.01. The maximum Gasteiger partial charge on any atom is 0.307 e. The number of fused-ring (bicyclic) bond motifs is 5. The number of hydrogen-bond acceptors (Lipinski definition) is 4. The molecule has 0 spiro atoms. The van der Waals surface area contributed by atoms with Crippen LogP contribution < -0.4 is 0 Å². The molecular formula is C24H34O5. The summed E-state index contributed by atoms with van der Waals surface area (Å²) in [6.07, 6.45) is 8.58. The molecule has 5 heteroatoms. The first-order chi connectivity index (χ1) is 13.6. The zero-order valence-corrected chi connectivity index (χ0v) is 17.9. The Balaban J connectivity index is 1.74. The van der Waals surface area contributed by atoms with Crippen LogP contribution in [-0.2, 0) is 14.4 Å². The van der Waals surface area contributed by atoms with Gasteiger partial charge in [-0.05, 0) is 79.6 Å². The summed E-state index contributed by atoms with van der Waals surface area (Å²) in [5, 5.41) is 19.6. The van der Waals surface area contributed by atoms with Gasteiger partial charge in [0.2, 0.25) is 0 Å². The first-order valence-corrected chi connectivity index (χ1v) is 11.2. The van der Waals surface area contributed by atoms with E-state index in [1.807, 2.05) is 6.08 Å². The maximum absolute atomic E-state index is 13.1. The molecule has 4 aliphatic carbocycles. The van der Waals surface area contributed by atoms with Gasteiger partial charge in [-0.15, -0.1) is 0 Å². The van der Waals surface area contributed by atoms with Crippen LogP contribution in [0.25, 0.3) is 0 Å². The summed E-state index contributed by atoms with van der Waals surface area (Å²) < 4.78 is 0. The van der Waals surface area contributed by atoms with Gasteiger partial charge in [-0.25, -0.2) is 0 Å². The molecule has 4 aliphatic rings. The van der Waals surface area contributed by atoms with E-state index < -0.39 is 29.3 Å². The number of carboxylic acid groups (broad SMARTS) is 1. The van der Waals surface area contributed by atoms with Crippen molar-refractivity contribution in [2.24, 2.45) is 39.9 Å². The van der Waals surface area contributed by atoms with Crippen molar-refractivity contribution in [2.45, 2.75) is 72.1 Å². The van der Waals surface area contributed by atoms with Gasteiger partial charge in [-0.2, -0.15) is 0 Å². The van der Waals surface area contributed by atoms with E-state index in [2.05, 4.69) is 13.8 Å². The van der Waals surface area contributed by atoms with Crippen molar-refractivity contribution in [3.63, 3.8) is 0 Å². The summed E-state index contributed by atoms with van der Waals surface area (Å²) in [5.74, 6) is -0.526. The second-order valence-electron chi connectivity index (χ2n) is 10.6. The van der Waals surface area contributed by atoms with Gasteiger partial charge in [-0.1, -0.05) is 26.3 Å². The number of Topliss-reactive ketones (excluding diaryl/α,β-unsaturated/α-hetero) is 1. The molecule has 0 aromatic carbocycles. The van der Waals surface area contributed by atoms with Gasteiger partial charge in [0.25, 0.3) is 0 Å². The lowest BCUT2D eigenvalue weighted by molar-refractivity contribution is -0.166. The third-order valence-electron chi connectivity index (χ3n) is 9.97. The van der Waals surface area contributed by atoms with Crippen LogP contribution >= 0.6 is 0 Å². The minimum atomic E-state index is -0.983. The Morgan fingerprint density at radius 2 is 1.79 bits per heavy atom. The van der Waals surface area contributed by atoms with Gasteiger partial charge in [0.1, 0.15) is 6.61 Å². The number of carbonyl (C=O) groups excluding carboxylic acids is 2. The van der Waals surface area contributed by atoms with E-state index in [1.165, 1.54) is 5.57 Å². The molecule has 7 atom stereocenters. The number of aliphatic hydroxyl groups excluding tert-OH is 1. The quantitative estimate of drug-likeness (QED) is 0.746. The molecule has 1 unspecified atom stereocenters.